The zero-order valence-electron chi connectivity index (χ0n) is 7.64. The second-order valence-corrected chi connectivity index (χ2v) is 2.83. The third-order valence-corrected chi connectivity index (χ3v) is 1.80. The molecule has 2 rings (SSSR count). The van der Waals surface area contributed by atoms with Gasteiger partial charge in [-0.15, -0.1) is 0 Å². The number of imidazole rings is 1. The summed E-state index contributed by atoms with van der Waals surface area (Å²) in [5.74, 6) is 0.659. The maximum absolute atomic E-state index is 4.05. The fourth-order valence-corrected chi connectivity index (χ4v) is 1.12. The van der Waals surface area contributed by atoms with E-state index in [1.54, 1.807) is 24.8 Å². The van der Waals surface area contributed by atoms with Crippen molar-refractivity contribution in [3.8, 4) is 0 Å². The molecule has 5 heteroatoms. The molecule has 0 aliphatic carbocycles. The first-order chi connectivity index (χ1) is 6.95. The first kappa shape index (κ1) is 8.68. The molecule has 0 fully saturated rings. The molecule has 0 spiro atoms. The van der Waals surface area contributed by atoms with Crippen molar-refractivity contribution in [3.05, 3.63) is 36.7 Å². The molecule has 5 nitrogen and oxygen atoms in total. The van der Waals surface area contributed by atoms with Gasteiger partial charge in [-0.1, -0.05) is 0 Å². The van der Waals surface area contributed by atoms with Crippen LogP contribution in [0.4, 0.5) is 5.95 Å². The Labute approximate surface area is 81.6 Å². The van der Waals surface area contributed by atoms with Crippen LogP contribution in [-0.2, 0) is 6.42 Å². The molecule has 0 amide bonds. The number of nitrogens with zero attached hydrogens (tertiary/aromatic N) is 3. The summed E-state index contributed by atoms with van der Waals surface area (Å²) >= 11 is 0. The summed E-state index contributed by atoms with van der Waals surface area (Å²) in [5.41, 5.74) is 1.11. The highest BCUT2D eigenvalue weighted by Gasteiger charge is 1.95. The quantitative estimate of drug-likeness (QED) is 0.748. The molecule has 2 aromatic rings. The number of hydrogen-bond donors (Lipinski definition) is 2. The van der Waals surface area contributed by atoms with E-state index in [0.717, 1.165) is 18.7 Å². The highest BCUT2D eigenvalue weighted by atomic mass is 15.1. The zero-order chi connectivity index (χ0) is 9.64. The van der Waals surface area contributed by atoms with Crippen molar-refractivity contribution in [2.45, 2.75) is 6.42 Å². The molecule has 0 aliphatic rings. The standard InChI is InChI=1S/C9H11N5/c1-3-11-9(12-4-1)13-5-2-8-6-10-7-14-8/h1,3-4,6-7H,2,5H2,(H,10,14)(H,11,12,13). The van der Waals surface area contributed by atoms with Crippen LogP contribution in [0.3, 0.4) is 0 Å². The lowest BCUT2D eigenvalue weighted by atomic mass is 10.3. The topological polar surface area (TPSA) is 66.5 Å². The molecule has 0 aliphatic heterocycles. The van der Waals surface area contributed by atoms with Gasteiger partial charge in [0, 0.05) is 37.3 Å². The van der Waals surface area contributed by atoms with Gasteiger partial charge < -0.3 is 10.3 Å². The summed E-state index contributed by atoms with van der Waals surface area (Å²) in [7, 11) is 0. The highest BCUT2D eigenvalue weighted by Crippen LogP contribution is 1.96. The molecule has 2 heterocycles. The molecule has 0 unspecified atom stereocenters. The Morgan fingerprint density at radius 2 is 2.14 bits per heavy atom. The predicted octanol–water partition coefficient (Wildman–Crippen LogP) is 0.854. The normalized spacial score (nSPS) is 10.0. The van der Waals surface area contributed by atoms with Crippen LogP contribution in [-0.4, -0.2) is 26.5 Å². The third kappa shape index (κ3) is 2.29. The van der Waals surface area contributed by atoms with Crippen molar-refractivity contribution >= 4 is 5.95 Å². The van der Waals surface area contributed by atoms with E-state index in [0.29, 0.717) is 5.95 Å². The summed E-state index contributed by atoms with van der Waals surface area (Å²) in [6.45, 7) is 0.798. The van der Waals surface area contributed by atoms with Gasteiger partial charge in [-0.3, -0.25) is 0 Å². The maximum atomic E-state index is 4.05. The molecule has 0 saturated heterocycles. The van der Waals surface area contributed by atoms with E-state index in [-0.39, 0.29) is 0 Å². The van der Waals surface area contributed by atoms with Crippen LogP contribution in [0.2, 0.25) is 0 Å². The minimum Gasteiger partial charge on any atom is -0.354 e. The van der Waals surface area contributed by atoms with Crippen LogP contribution in [0.5, 0.6) is 0 Å². The van der Waals surface area contributed by atoms with Gasteiger partial charge in [0.15, 0.2) is 0 Å². The first-order valence-corrected chi connectivity index (χ1v) is 4.43. The Morgan fingerprint density at radius 1 is 1.29 bits per heavy atom. The van der Waals surface area contributed by atoms with Gasteiger partial charge in [0.2, 0.25) is 5.95 Å². The van der Waals surface area contributed by atoms with Crippen molar-refractivity contribution in [3.63, 3.8) is 0 Å². The summed E-state index contributed by atoms with van der Waals surface area (Å²) in [4.78, 5) is 15.1. The summed E-state index contributed by atoms with van der Waals surface area (Å²) < 4.78 is 0. The van der Waals surface area contributed by atoms with Crippen LogP contribution >= 0.6 is 0 Å². The van der Waals surface area contributed by atoms with E-state index in [9.17, 15) is 0 Å². The monoisotopic (exact) mass is 189 g/mol. The fraction of sp³-hybridized carbons (Fsp3) is 0.222. The van der Waals surface area contributed by atoms with Crippen LogP contribution in [0, 0.1) is 0 Å². The van der Waals surface area contributed by atoms with Gasteiger partial charge in [-0.25, -0.2) is 15.0 Å². The third-order valence-electron chi connectivity index (χ3n) is 1.80. The zero-order valence-corrected chi connectivity index (χ0v) is 7.64. The number of anilines is 1. The molecule has 14 heavy (non-hydrogen) atoms. The summed E-state index contributed by atoms with van der Waals surface area (Å²) in [5, 5.41) is 3.11. The Bertz CT molecular complexity index is 356. The van der Waals surface area contributed by atoms with Crippen LogP contribution in [0.1, 0.15) is 5.69 Å². The largest absolute Gasteiger partial charge is 0.354 e. The minimum atomic E-state index is 0.659. The Balaban J connectivity index is 1.79. The van der Waals surface area contributed by atoms with Gasteiger partial charge in [-0.2, -0.15) is 0 Å². The van der Waals surface area contributed by atoms with E-state index in [4.69, 9.17) is 0 Å². The fourth-order valence-electron chi connectivity index (χ4n) is 1.12. The van der Waals surface area contributed by atoms with Crippen LogP contribution < -0.4 is 5.32 Å². The van der Waals surface area contributed by atoms with Crippen molar-refractivity contribution in [2.75, 3.05) is 11.9 Å². The SMILES string of the molecule is c1cnc(NCCc2cnc[nH]2)nc1. The first-order valence-electron chi connectivity index (χ1n) is 4.43. The lowest BCUT2D eigenvalue weighted by molar-refractivity contribution is 0.953. The summed E-state index contributed by atoms with van der Waals surface area (Å²) in [6.07, 6.45) is 7.80. The van der Waals surface area contributed by atoms with Gasteiger partial charge in [-0.05, 0) is 6.07 Å². The number of hydrogen-bond acceptors (Lipinski definition) is 4. The second kappa shape index (κ2) is 4.36. The van der Waals surface area contributed by atoms with Crippen LogP contribution in [0.15, 0.2) is 31.0 Å². The molecule has 72 valence electrons. The smallest absolute Gasteiger partial charge is 0.222 e. The van der Waals surface area contributed by atoms with E-state index in [1.807, 2.05) is 6.20 Å². The summed E-state index contributed by atoms with van der Waals surface area (Å²) in [6, 6.07) is 1.79. The number of rotatable bonds is 4. The van der Waals surface area contributed by atoms with Gasteiger partial charge in [0.1, 0.15) is 0 Å². The number of nitrogens with one attached hydrogen (secondary N) is 2. The molecule has 0 atom stereocenters. The van der Waals surface area contributed by atoms with Crippen LogP contribution in [0.25, 0.3) is 0 Å². The Kier molecular flexibility index (Phi) is 2.70. The van der Waals surface area contributed by atoms with Crippen molar-refractivity contribution in [1.29, 1.82) is 0 Å². The Hall–Kier alpha value is -1.91. The van der Waals surface area contributed by atoms with E-state index >= 15 is 0 Å². The highest BCUT2D eigenvalue weighted by molar-refractivity contribution is 5.22. The predicted molar refractivity (Wildman–Crippen MR) is 52.8 cm³/mol. The van der Waals surface area contributed by atoms with E-state index < -0.39 is 0 Å². The lowest BCUT2D eigenvalue weighted by Gasteiger charge is -2.01. The van der Waals surface area contributed by atoms with Crippen molar-refractivity contribution in [2.24, 2.45) is 0 Å². The van der Waals surface area contributed by atoms with Gasteiger partial charge >= 0.3 is 0 Å². The molecule has 0 aromatic carbocycles. The molecule has 2 N–H and O–H groups in total. The lowest BCUT2D eigenvalue weighted by Crippen LogP contribution is -2.07. The molecular weight excluding hydrogens is 178 g/mol. The van der Waals surface area contributed by atoms with E-state index in [2.05, 4.69) is 25.3 Å². The van der Waals surface area contributed by atoms with Gasteiger partial charge in [0.05, 0.1) is 6.33 Å². The number of H-pyrrole nitrogens is 1. The number of aromatic amines is 1. The Morgan fingerprint density at radius 3 is 2.86 bits per heavy atom. The van der Waals surface area contributed by atoms with Crippen molar-refractivity contribution < 1.29 is 0 Å². The molecule has 0 radical (unpaired) electrons. The average Bonchev–Trinajstić information content (AvgIpc) is 2.72. The molecule has 0 saturated carbocycles. The minimum absolute atomic E-state index is 0.659. The average molecular weight is 189 g/mol. The van der Waals surface area contributed by atoms with Crippen molar-refractivity contribution in [1.82, 2.24) is 19.9 Å². The van der Waals surface area contributed by atoms with E-state index in [1.165, 1.54) is 0 Å². The molecular formula is C9H11N5. The number of aromatic nitrogens is 4. The maximum Gasteiger partial charge on any atom is 0.222 e. The second-order valence-electron chi connectivity index (χ2n) is 2.83. The molecule has 2 aromatic heterocycles. The van der Waals surface area contributed by atoms with Gasteiger partial charge in [0.25, 0.3) is 0 Å². The molecule has 0 bridgehead atoms.